The summed E-state index contributed by atoms with van der Waals surface area (Å²) in [4.78, 5) is 7.85. The quantitative estimate of drug-likeness (QED) is 0.824. The normalized spacial score (nSPS) is 9.67. The van der Waals surface area contributed by atoms with Gasteiger partial charge in [-0.15, -0.1) is 6.42 Å². The van der Waals surface area contributed by atoms with Gasteiger partial charge >= 0.3 is 0 Å². The van der Waals surface area contributed by atoms with Gasteiger partial charge < -0.3 is 16.2 Å². The Morgan fingerprint density at radius 3 is 2.71 bits per heavy atom. The lowest BCUT2D eigenvalue weighted by molar-refractivity contribution is 0.368. The number of terminal acetylenes is 1. The highest BCUT2D eigenvalue weighted by molar-refractivity contribution is 9.10. The van der Waals surface area contributed by atoms with Gasteiger partial charge in [-0.2, -0.15) is 10.2 Å². The zero-order valence-electron chi connectivity index (χ0n) is 10.8. The van der Waals surface area contributed by atoms with Gasteiger partial charge in [0.25, 0.3) is 0 Å². The van der Waals surface area contributed by atoms with Gasteiger partial charge in [0.1, 0.15) is 29.8 Å². The number of nitrogens with two attached hydrogens (primary N) is 2. The summed E-state index contributed by atoms with van der Waals surface area (Å²) in [7, 11) is 0. The summed E-state index contributed by atoms with van der Waals surface area (Å²) in [6.07, 6.45) is 5.15. The van der Waals surface area contributed by atoms with Crippen LogP contribution in [0.1, 0.15) is 5.56 Å². The van der Waals surface area contributed by atoms with Crippen LogP contribution in [0, 0.1) is 23.7 Å². The maximum Gasteiger partial charge on any atom is 0.222 e. The smallest absolute Gasteiger partial charge is 0.222 e. The highest BCUT2D eigenvalue weighted by Gasteiger charge is 2.14. The Bertz CT molecular complexity index is 776. The maximum atomic E-state index is 9.18. The van der Waals surface area contributed by atoms with E-state index in [1.807, 2.05) is 6.07 Å². The third kappa shape index (κ3) is 3.04. The van der Waals surface area contributed by atoms with E-state index in [9.17, 15) is 5.26 Å². The van der Waals surface area contributed by atoms with Gasteiger partial charge in [-0.25, -0.2) is 4.98 Å². The monoisotopic (exact) mass is 343 g/mol. The number of benzene rings is 1. The molecule has 0 saturated heterocycles. The van der Waals surface area contributed by atoms with Gasteiger partial charge in [-0.3, -0.25) is 0 Å². The lowest BCUT2D eigenvalue weighted by atomic mass is 10.1. The van der Waals surface area contributed by atoms with Crippen molar-refractivity contribution in [3.63, 3.8) is 0 Å². The molecule has 0 spiro atoms. The number of anilines is 2. The number of hydrogen-bond acceptors (Lipinski definition) is 6. The third-order valence-electron chi connectivity index (χ3n) is 2.58. The van der Waals surface area contributed by atoms with Crippen LogP contribution in [0.25, 0.3) is 11.3 Å². The zero-order valence-corrected chi connectivity index (χ0v) is 12.4. The largest absolute Gasteiger partial charge is 0.480 e. The van der Waals surface area contributed by atoms with Crippen LogP contribution in [-0.2, 0) is 0 Å². The number of nitriles is 1. The average Bonchev–Trinajstić information content (AvgIpc) is 2.45. The van der Waals surface area contributed by atoms with E-state index in [1.54, 1.807) is 18.2 Å². The number of aromatic nitrogens is 2. The van der Waals surface area contributed by atoms with Crippen LogP contribution in [0.4, 0.5) is 11.8 Å². The Labute approximate surface area is 129 Å². The van der Waals surface area contributed by atoms with Crippen LogP contribution in [0.2, 0.25) is 0 Å². The molecule has 0 bridgehead atoms. The van der Waals surface area contributed by atoms with E-state index in [4.69, 9.17) is 22.6 Å². The number of ether oxygens (including phenoxy) is 1. The average molecular weight is 344 g/mol. The third-order valence-corrected chi connectivity index (χ3v) is 3.20. The van der Waals surface area contributed by atoms with Crippen LogP contribution in [0.15, 0.2) is 22.7 Å². The van der Waals surface area contributed by atoms with Gasteiger partial charge in [-0.05, 0) is 34.1 Å². The highest BCUT2D eigenvalue weighted by Crippen LogP contribution is 2.32. The summed E-state index contributed by atoms with van der Waals surface area (Å²) in [5.41, 5.74) is 12.5. The Hall–Kier alpha value is -2.77. The van der Waals surface area contributed by atoms with Crippen molar-refractivity contribution in [2.45, 2.75) is 0 Å². The molecule has 0 unspecified atom stereocenters. The fourth-order valence-electron chi connectivity index (χ4n) is 1.70. The fourth-order valence-corrected chi connectivity index (χ4v) is 2.19. The summed E-state index contributed by atoms with van der Waals surface area (Å²) in [5, 5.41) is 9.18. The number of hydrogen-bond donors (Lipinski definition) is 2. The molecule has 1 aromatic carbocycles. The molecule has 2 aromatic rings. The van der Waals surface area contributed by atoms with Crippen molar-refractivity contribution in [2.75, 3.05) is 18.1 Å². The van der Waals surface area contributed by atoms with Crippen LogP contribution in [-0.4, -0.2) is 16.6 Å². The van der Waals surface area contributed by atoms with Crippen molar-refractivity contribution >= 4 is 27.7 Å². The minimum absolute atomic E-state index is 0.00489. The van der Waals surface area contributed by atoms with Crippen LogP contribution >= 0.6 is 15.9 Å². The fraction of sp³-hybridized carbons (Fsp3) is 0.0714. The molecule has 0 aliphatic heterocycles. The molecule has 0 atom stereocenters. The molecular weight excluding hydrogens is 334 g/mol. The first kappa shape index (κ1) is 14.6. The van der Waals surface area contributed by atoms with Crippen LogP contribution < -0.4 is 16.2 Å². The molecule has 0 saturated carbocycles. The van der Waals surface area contributed by atoms with E-state index in [1.165, 1.54) is 0 Å². The van der Waals surface area contributed by atoms with Crippen molar-refractivity contribution in [3.8, 4) is 35.4 Å². The SMILES string of the molecule is C#CCOc1ccc(-c2nc(N)nc(N)c2C#N)cc1Br. The molecule has 6 nitrogen and oxygen atoms in total. The van der Waals surface area contributed by atoms with Gasteiger partial charge in [-0.1, -0.05) is 5.92 Å². The molecule has 1 heterocycles. The molecule has 0 aliphatic rings. The molecule has 2 rings (SSSR count). The van der Waals surface area contributed by atoms with Gasteiger partial charge in [0.2, 0.25) is 5.95 Å². The van der Waals surface area contributed by atoms with Crippen LogP contribution in [0.5, 0.6) is 5.75 Å². The summed E-state index contributed by atoms with van der Waals surface area (Å²) in [6.45, 7) is 0.162. The van der Waals surface area contributed by atoms with Crippen molar-refractivity contribution in [1.82, 2.24) is 9.97 Å². The zero-order chi connectivity index (χ0) is 15.4. The molecule has 104 valence electrons. The van der Waals surface area contributed by atoms with E-state index >= 15 is 0 Å². The van der Waals surface area contributed by atoms with E-state index in [0.717, 1.165) is 0 Å². The minimum Gasteiger partial charge on any atom is -0.480 e. The molecule has 0 radical (unpaired) electrons. The second-order valence-corrected chi connectivity index (χ2v) is 4.79. The van der Waals surface area contributed by atoms with Gasteiger partial charge in [0, 0.05) is 5.56 Å². The van der Waals surface area contributed by atoms with Gasteiger partial charge in [0.05, 0.1) is 10.2 Å². The molecule has 21 heavy (non-hydrogen) atoms. The number of halogens is 1. The van der Waals surface area contributed by atoms with Crippen molar-refractivity contribution in [2.24, 2.45) is 0 Å². The Kier molecular flexibility index (Phi) is 4.27. The summed E-state index contributed by atoms with van der Waals surface area (Å²) in [5.74, 6) is 3.02. The lowest BCUT2D eigenvalue weighted by Crippen LogP contribution is -2.05. The highest BCUT2D eigenvalue weighted by atomic mass is 79.9. The second kappa shape index (κ2) is 6.12. The minimum atomic E-state index is 0.00489. The second-order valence-electron chi connectivity index (χ2n) is 3.94. The van der Waals surface area contributed by atoms with Crippen molar-refractivity contribution < 1.29 is 4.74 Å². The van der Waals surface area contributed by atoms with E-state index < -0.39 is 0 Å². The topological polar surface area (TPSA) is 111 Å². The Morgan fingerprint density at radius 2 is 2.10 bits per heavy atom. The standard InChI is InChI=1S/C14H10BrN5O/c1-2-5-21-11-4-3-8(6-10(11)15)12-9(7-16)13(17)20-14(18)19-12/h1,3-4,6H,5H2,(H4,17,18,19,20). The number of nitrogen functional groups attached to an aromatic ring is 2. The molecule has 1 aromatic heterocycles. The number of rotatable bonds is 3. The molecule has 0 amide bonds. The molecular formula is C14H10BrN5O. The summed E-state index contributed by atoms with van der Waals surface area (Å²) < 4.78 is 6.03. The van der Waals surface area contributed by atoms with Crippen LogP contribution in [0.3, 0.4) is 0 Å². The first-order chi connectivity index (χ1) is 10.1. The first-order valence-electron chi connectivity index (χ1n) is 5.76. The predicted molar refractivity (Wildman–Crippen MR) is 83.0 cm³/mol. The summed E-state index contributed by atoms with van der Waals surface area (Å²) in [6, 6.07) is 7.17. The molecule has 0 fully saturated rings. The number of nitrogens with zero attached hydrogens (tertiary/aromatic N) is 3. The predicted octanol–water partition coefficient (Wildman–Crippen LogP) is 1.95. The van der Waals surface area contributed by atoms with E-state index in [0.29, 0.717) is 21.5 Å². The van der Waals surface area contributed by atoms with Crippen molar-refractivity contribution in [1.29, 1.82) is 5.26 Å². The van der Waals surface area contributed by atoms with E-state index in [2.05, 4.69) is 31.8 Å². The summed E-state index contributed by atoms with van der Waals surface area (Å²) >= 11 is 3.38. The Balaban J connectivity index is 2.51. The molecule has 7 heteroatoms. The van der Waals surface area contributed by atoms with Gasteiger partial charge in [0.15, 0.2) is 0 Å². The maximum absolute atomic E-state index is 9.18. The van der Waals surface area contributed by atoms with E-state index in [-0.39, 0.29) is 23.9 Å². The molecule has 4 N–H and O–H groups in total. The first-order valence-corrected chi connectivity index (χ1v) is 6.55. The lowest BCUT2D eigenvalue weighted by Gasteiger charge is -2.09. The Morgan fingerprint density at radius 1 is 1.33 bits per heavy atom. The van der Waals surface area contributed by atoms with Crippen molar-refractivity contribution in [3.05, 3.63) is 28.2 Å². The molecule has 0 aliphatic carbocycles.